The third-order valence-electron chi connectivity index (χ3n) is 3.31. The van der Waals surface area contributed by atoms with Crippen molar-refractivity contribution < 1.29 is 4.79 Å². The van der Waals surface area contributed by atoms with Crippen molar-refractivity contribution in [3.8, 4) is 0 Å². The van der Waals surface area contributed by atoms with Crippen molar-refractivity contribution in [2.24, 2.45) is 11.7 Å². The van der Waals surface area contributed by atoms with Crippen LogP contribution in [0.2, 0.25) is 0 Å². The van der Waals surface area contributed by atoms with Gasteiger partial charge in [-0.1, -0.05) is 46.8 Å². The fourth-order valence-corrected chi connectivity index (χ4v) is 1.72. The molecule has 1 rings (SSSR count). The number of nitrogens with one attached hydrogen (secondary N) is 1. The number of rotatable bonds is 4. The number of benzene rings is 1. The van der Waals surface area contributed by atoms with Crippen molar-refractivity contribution >= 4 is 11.6 Å². The molecule has 19 heavy (non-hydrogen) atoms. The van der Waals surface area contributed by atoms with Gasteiger partial charge in [-0.2, -0.15) is 0 Å². The molecule has 0 saturated heterocycles. The molecule has 0 aliphatic carbocycles. The summed E-state index contributed by atoms with van der Waals surface area (Å²) in [7, 11) is 0. The summed E-state index contributed by atoms with van der Waals surface area (Å²) >= 11 is 0. The van der Waals surface area contributed by atoms with E-state index in [0.717, 1.165) is 5.69 Å². The Kier molecular flexibility index (Phi) is 5.12. The van der Waals surface area contributed by atoms with Gasteiger partial charge in [0, 0.05) is 18.2 Å². The van der Waals surface area contributed by atoms with Gasteiger partial charge in [0.2, 0.25) is 5.91 Å². The quantitative estimate of drug-likeness (QED) is 0.874. The van der Waals surface area contributed by atoms with Gasteiger partial charge < -0.3 is 11.1 Å². The average molecular weight is 262 g/mol. The predicted octanol–water partition coefficient (Wildman–Crippen LogP) is 3.30. The Morgan fingerprint density at radius 2 is 1.74 bits per heavy atom. The van der Waals surface area contributed by atoms with Crippen LogP contribution in [0, 0.1) is 5.92 Å². The van der Waals surface area contributed by atoms with Gasteiger partial charge in [0.25, 0.3) is 0 Å². The number of hydrogen-bond acceptors (Lipinski definition) is 2. The third-order valence-corrected chi connectivity index (χ3v) is 3.31. The van der Waals surface area contributed by atoms with Crippen molar-refractivity contribution in [3.63, 3.8) is 0 Å². The summed E-state index contributed by atoms with van der Waals surface area (Å²) in [5.74, 6) is 0.290. The Morgan fingerprint density at radius 1 is 1.21 bits per heavy atom. The number of hydrogen-bond donors (Lipinski definition) is 2. The van der Waals surface area contributed by atoms with Crippen molar-refractivity contribution in [2.75, 3.05) is 5.32 Å². The first kappa shape index (κ1) is 15.7. The fourth-order valence-electron chi connectivity index (χ4n) is 1.72. The summed E-state index contributed by atoms with van der Waals surface area (Å²) in [6.07, 6.45) is 0.360. The van der Waals surface area contributed by atoms with Crippen LogP contribution in [-0.2, 0) is 10.2 Å². The second kappa shape index (κ2) is 6.20. The van der Waals surface area contributed by atoms with Crippen molar-refractivity contribution in [3.05, 3.63) is 29.8 Å². The lowest BCUT2D eigenvalue weighted by Crippen LogP contribution is -2.31. The molecule has 0 aliphatic rings. The van der Waals surface area contributed by atoms with Gasteiger partial charge in [-0.05, 0) is 29.0 Å². The van der Waals surface area contributed by atoms with Gasteiger partial charge in [0.15, 0.2) is 0 Å². The van der Waals surface area contributed by atoms with E-state index in [1.165, 1.54) is 5.56 Å². The molecular formula is C16H26N2O. The molecule has 1 atom stereocenters. The smallest absolute Gasteiger partial charge is 0.225 e. The van der Waals surface area contributed by atoms with Crippen molar-refractivity contribution in [1.82, 2.24) is 0 Å². The molecule has 0 fully saturated rings. The first-order valence-electron chi connectivity index (χ1n) is 6.86. The zero-order chi connectivity index (χ0) is 14.6. The molecule has 0 bridgehead atoms. The number of carbonyl (C=O) groups excluding carboxylic acids is 1. The summed E-state index contributed by atoms with van der Waals surface area (Å²) in [6, 6.07) is 7.91. The zero-order valence-corrected chi connectivity index (χ0v) is 12.7. The van der Waals surface area contributed by atoms with Crippen molar-refractivity contribution in [1.29, 1.82) is 0 Å². The summed E-state index contributed by atoms with van der Waals surface area (Å²) in [5.41, 5.74) is 8.10. The predicted molar refractivity (Wildman–Crippen MR) is 81.2 cm³/mol. The monoisotopic (exact) mass is 262 g/mol. The lowest BCUT2D eigenvalue weighted by molar-refractivity contribution is -0.116. The van der Waals surface area contributed by atoms with E-state index in [9.17, 15) is 4.79 Å². The number of anilines is 1. The van der Waals surface area contributed by atoms with Gasteiger partial charge in [0.1, 0.15) is 0 Å². The average Bonchev–Trinajstić information content (AvgIpc) is 2.28. The molecule has 0 radical (unpaired) electrons. The topological polar surface area (TPSA) is 55.1 Å². The number of amides is 1. The van der Waals surface area contributed by atoms with Gasteiger partial charge in [-0.3, -0.25) is 4.79 Å². The molecule has 0 aliphatic heterocycles. The van der Waals surface area contributed by atoms with E-state index < -0.39 is 0 Å². The SMILES string of the molecule is CC(C)C(N)CC(=O)Nc1ccc(C(C)(C)C)cc1. The number of nitrogens with two attached hydrogens (primary N) is 1. The lowest BCUT2D eigenvalue weighted by Gasteiger charge is -2.19. The largest absolute Gasteiger partial charge is 0.327 e. The first-order valence-corrected chi connectivity index (χ1v) is 6.86. The molecule has 3 nitrogen and oxygen atoms in total. The highest BCUT2D eigenvalue weighted by Crippen LogP contribution is 2.23. The lowest BCUT2D eigenvalue weighted by atomic mass is 9.87. The Hall–Kier alpha value is -1.35. The van der Waals surface area contributed by atoms with Crippen molar-refractivity contribution in [2.45, 2.75) is 52.5 Å². The normalized spacial score (nSPS) is 13.4. The molecule has 0 heterocycles. The summed E-state index contributed by atoms with van der Waals surface area (Å²) in [4.78, 5) is 11.8. The van der Waals surface area contributed by atoms with Crippen LogP contribution in [0.3, 0.4) is 0 Å². The molecule has 3 N–H and O–H groups in total. The van der Waals surface area contributed by atoms with E-state index in [2.05, 4.69) is 38.2 Å². The molecule has 1 aromatic rings. The van der Waals surface area contributed by atoms with Gasteiger partial charge in [0.05, 0.1) is 0 Å². The summed E-state index contributed by atoms with van der Waals surface area (Å²) < 4.78 is 0. The Labute approximate surface area is 116 Å². The molecule has 1 unspecified atom stereocenters. The Balaban J connectivity index is 2.61. The first-order chi connectivity index (χ1) is 8.70. The second-order valence-electron chi connectivity index (χ2n) is 6.49. The highest BCUT2D eigenvalue weighted by atomic mass is 16.1. The zero-order valence-electron chi connectivity index (χ0n) is 12.7. The van der Waals surface area contributed by atoms with Crippen LogP contribution in [0.1, 0.15) is 46.6 Å². The van der Waals surface area contributed by atoms with Crippen LogP contribution < -0.4 is 11.1 Å². The minimum atomic E-state index is -0.0890. The van der Waals surface area contributed by atoms with E-state index in [4.69, 9.17) is 5.73 Å². The highest BCUT2D eigenvalue weighted by molar-refractivity contribution is 5.91. The second-order valence-corrected chi connectivity index (χ2v) is 6.49. The van der Waals surface area contributed by atoms with Crippen LogP contribution in [0.5, 0.6) is 0 Å². The maximum Gasteiger partial charge on any atom is 0.225 e. The third kappa shape index (κ3) is 5.03. The van der Waals surface area contributed by atoms with Crippen LogP contribution in [0.4, 0.5) is 5.69 Å². The number of carbonyl (C=O) groups is 1. The summed E-state index contributed by atoms with van der Waals surface area (Å²) in [5, 5.41) is 2.89. The van der Waals surface area contributed by atoms with Crippen LogP contribution in [0.15, 0.2) is 24.3 Å². The molecule has 0 saturated carbocycles. The Morgan fingerprint density at radius 3 is 2.16 bits per heavy atom. The van der Waals surface area contributed by atoms with Gasteiger partial charge in [-0.15, -0.1) is 0 Å². The molecule has 0 spiro atoms. The van der Waals surface area contributed by atoms with Crippen LogP contribution >= 0.6 is 0 Å². The fraction of sp³-hybridized carbons (Fsp3) is 0.562. The van der Waals surface area contributed by atoms with Crippen LogP contribution in [-0.4, -0.2) is 11.9 Å². The molecule has 0 aromatic heterocycles. The van der Waals surface area contributed by atoms with E-state index in [1.54, 1.807) is 0 Å². The minimum Gasteiger partial charge on any atom is -0.327 e. The van der Waals surface area contributed by atoms with E-state index in [1.807, 2.05) is 26.0 Å². The van der Waals surface area contributed by atoms with E-state index in [0.29, 0.717) is 12.3 Å². The molecule has 106 valence electrons. The maximum absolute atomic E-state index is 11.8. The molecule has 1 amide bonds. The molecule has 3 heteroatoms. The maximum atomic E-state index is 11.8. The van der Waals surface area contributed by atoms with E-state index >= 15 is 0 Å². The summed E-state index contributed by atoms with van der Waals surface area (Å²) in [6.45, 7) is 10.6. The highest BCUT2D eigenvalue weighted by Gasteiger charge is 2.15. The molecule has 1 aromatic carbocycles. The standard InChI is InChI=1S/C16H26N2O/c1-11(2)14(17)10-15(19)18-13-8-6-12(7-9-13)16(3,4)5/h6-9,11,14H,10,17H2,1-5H3,(H,18,19). The van der Waals surface area contributed by atoms with Crippen LogP contribution in [0.25, 0.3) is 0 Å². The van der Waals surface area contributed by atoms with Gasteiger partial charge in [-0.25, -0.2) is 0 Å². The Bertz CT molecular complexity index is 415. The molecular weight excluding hydrogens is 236 g/mol. The minimum absolute atomic E-state index is 0.0234. The van der Waals surface area contributed by atoms with E-state index in [-0.39, 0.29) is 17.4 Å². The van der Waals surface area contributed by atoms with Gasteiger partial charge >= 0.3 is 0 Å².